The number of hydrogen-bond acceptors (Lipinski definition) is 5. The Morgan fingerprint density at radius 1 is 1.13 bits per heavy atom. The van der Waals surface area contributed by atoms with E-state index in [0.29, 0.717) is 5.75 Å². The van der Waals surface area contributed by atoms with Crippen LogP contribution in [0.4, 0.5) is 10.2 Å². The first-order valence-electron chi connectivity index (χ1n) is 10.6. The van der Waals surface area contributed by atoms with Gasteiger partial charge in [-0.15, -0.1) is 0 Å². The molecule has 1 aliphatic carbocycles. The zero-order chi connectivity index (χ0) is 21.4. The van der Waals surface area contributed by atoms with Crippen molar-refractivity contribution in [3.8, 4) is 17.0 Å². The van der Waals surface area contributed by atoms with Crippen LogP contribution in [0.2, 0.25) is 0 Å². The number of nitrogens with zero attached hydrogens (tertiary/aromatic N) is 5. The smallest absolute Gasteiger partial charge is 0.127 e. The molecule has 1 saturated carbocycles. The third kappa shape index (κ3) is 3.85. The molecular weight excluding hydrogens is 395 g/mol. The molecule has 160 valence electrons. The second-order valence-corrected chi connectivity index (χ2v) is 8.04. The van der Waals surface area contributed by atoms with Crippen molar-refractivity contribution in [3.63, 3.8) is 0 Å². The van der Waals surface area contributed by atoms with Crippen LogP contribution in [0.3, 0.4) is 0 Å². The summed E-state index contributed by atoms with van der Waals surface area (Å²) in [6.45, 7) is 0. The first kappa shape index (κ1) is 19.5. The zero-order valence-corrected chi connectivity index (χ0v) is 17.6. The fourth-order valence-corrected chi connectivity index (χ4v) is 4.34. The quantitative estimate of drug-likeness (QED) is 0.512. The minimum Gasteiger partial charge on any atom is -0.490 e. The average molecular weight is 420 g/mol. The minimum absolute atomic E-state index is 0.0900. The molecule has 0 radical (unpaired) electrons. The monoisotopic (exact) mass is 420 g/mol. The predicted octanol–water partition coefficient (Wildman–Crippen LogP) is 4.58. The summed E-state index contributed by atoms with van der Waals surface area (Å²) in [5.41, 5.74) is 2.94. The summed E-state index contributed by atoms with van der Waals surface area (Å²) in [4.78, 5) is 4.50. The number of hydrogen-bond donors (Lipinski definition) is 1. The maximum atomic E-state index is 13.5. The molecule has 8 heteroatoms. The molecule has 0 aliphatic heterocycles. The average Bonchev–Trinajstić information content (AvgIpc) is 3.37. The van der Waals surface area contributed by atoms with Crippen LogP contribution < -0.4 is 10.1 Å². The number of pyridine rings is 1. The van der Waals surface area contributed by atoms with E-state index in [1.165, 1.54) is 12.1 Å². The Morgan fingerprint density at radius 3 is 2.68 bits per heavy atom. The SMILES string of the molecule is CNc1cc2c(cn1)c(-c1cnn(C)c1)nn2[C@H]1CC[C@@H](Oc2cccc(F)c2)CC1. The normalized spacial score (nSPS) is 18.9. The molecule has 0 atom stereocenters. The Hall–Kier alpha value is -3.42. The van der Waals surface area contributed by atoms with Gasteiger partial charge in [0.05, 0.1) is 23.9 Å². The van der Waals surface area contributed by atoms with E-state index in [1.54, 1.807) is 10.7 Å². The third-order valence-electron chi connectivity index (χ3n) is 5.91. The van der Waals surface area contributed by atoms with E-state index in [0.717, 1.165) is 53.7 Å². The van der Waals surface area contributed by atoms with Gasteiger partial charge in [-0.3, -0.25) is 9.36 Å². The molecule has 31 heavy (non-hydrogen) atoms. The van der Waals surface area contributed by atoms with Gasteiger partial charge in [0.1, 0.15) is 23.1 Å². The molecule has 0 unspecified atom stereocenters. The zero-order valence-electron chi connectivity index (χ0n) is 17.6. The highest BCUT2D eigenvalue weighted by Gasteiger charge is 2.27. The van der Waals surface area contributed by atoms with Crippen LogP contribution in [0.25, 0.3) is 22.2 Å². The first-order chi connectivity index (χ1) is 15.1. The first-order valence-corrected chi connectivity index (χ1v) is 10.6. The van der Waals surface area contributed by atoms with Gasteiger partial charge in [-0.1, -0.05) is 6.07 Å². The Kier molecular flexibility index (Phi) is 5.05. The standard InChI is InChI=1S/C23H25FN6O/c1-25-22-11-21-20(13-26-22)23(15-12-27-29(2)14-15)28-30(21)17-6-8-18(9-7-17)31-19-5-3-4-16(24)10-19/h3-5,10-14,17-18H,6-9H2,1-2H3,(H,25,26)/t17-,18+. The third-order valence-corrected chi connectivity index (χ3v) is 5.91. The molecule has 7 nitrogen and oxygen atoms in total. The topological polar surface area (TPSA) is 69.8 Å². The van der Waals surface area contributed by atoms with Gasteiger partial charge in [-0.25, -0.2) is 9.37 Å². The van der Waals surface area contributed by atoms with Gasteiger partial charge >= 0.3 is 0 Å². The van der Waals surface area contributed by atoms with E-state index < -0.39 is 0 Å². The van der Waals surface area contributed by atoms with Crippen molar-refractivity contribution in [1.29, 1.82) is 0 Å². The fraction of sp³-hybridized carbons (Fsp3) is 0.348. The Labute approximate surface area is 179 Å². The molecular formula is C23H25FN6O. The van der Waals surface area contributed by atoms with Crippen molar-refractivity contribution in [2.24, 2.45) is 7.05 Å². The number of aryl methyl sites for hydroxylation is 1. The lowest BCUT2D eigenvalue weighted by Gasteiger charge is -2.29. The lowest BCUT2D eigenvalue weighted by atomic mass is 9.93. The van der Waals surface area contributed by atoms with E-state index in [-0.39, 0.29) is 18.0 Å². The number of fused-ring (bicyclic) bond motifs is 1. The Morgan fingerprint density at radius 2 is 1.97 bits per heavy atom. The van der Waals surface area contributed by atoms with Crippen molar-refractivity contribution in [2.75, 3.05) is 12.4 Å². The largest absolute Gasteiger partial charge is 0.490 e. The van der Waals surface area contributed by atoms with Gasteiger partial charge in [-0.05, 0) is 37.8 Å². The van der Waals surface area contributed by atoms with Gasteiger partial charge in [0.15, 0.2) is 0 Å². The maximum absolute atomic E-state index is 13.5. The second-order valence-electron chi connectivity index (χ2n) is 8.04. The van der Waals surface area contributed by atoms with Crippen LogP contribution in [0.5, 0.6) is 5.75 Å². The van der Waals surface area contributed by atoms with Crippen LogP contribution in [0.1, 0.15) is 31.7 Å². The van der Waals surface area contributed by atoms with Crippen molar-refractivity contribution in [1.82, 2.24) is 24.5 Å². The summed E-state index contributed by atoms with van der Waals surface area (Å²) < 4.78 is 23.4. The number of rotatable bonds is 5. The highest BCUT2D eigenvalue weighted by Crippen LogP contribution is 2.36. The maximum Gasteiger partial charge on any atom is 0.127 e. The minimum atomic E-state index is -0.272. The number of aromatic nitrogens is 5. The summed E-state index contributed by atoms with van der Waals surface area (Å²) in [7, 11) is 3.77. The molecule has 3 aromatic heterocycles. The van der Waals surface area contributed by atoms with Crippen molar-refractivity contribution >= 4 is 16.7 Å². The van der Waals surface area contributed by atoms with E-state index in [1.807, 2.05) is 38.8 Å². The van der Waals surface area contributed by atoms with Crippen molar-refractivity contribution < 1.29 is 9.13 Å². The second kappa shape index (κ2) is 8.02. The van der Waals surface area contributed by atoms with Gasteiger partial charge in [-0.2, -0.15) is 10.2 Å². The summed E-state index contributed by atoms with van der Waals surface area (Å²) in [6, 6.07) is 8.69. The highest BCUT2D eigenvalue weighted by molar-refractivity contribution is 5.93. The molecule has 0 bridgehead atoms. The summed E-state index contributed by atoms with van der Waals surface area (Å²) in [5.74, 6) is 1.14. The van der Waals surface area contributed by atoms with Crippen LogP contribution in [0, 0.1) is 5.82 Å². The highest BCUT2D eigenvalue weighted by atomic mass is 19.1. The van der Waals surface area contributed by atoms with Gasteiger partial charge in [0.25, 0.3) is 0 Å². The Bertz CT molecular complexity index is 1210. The molecule has 1 fully saturated rings. The lowest BCUT2D eigenvalue weighted by molar-refractivity contribution is 0.130. The molecule has 3 heterocycles. The molecule has 0 amide bonds. The predicted molar refractivity (Wildman–Crippen MR) is 118 cm³/mol. The van der Waals surface area contributed by atoms with E-state index in [9.17, 15) is 4.39 Å². The molecule has 1 aliphatic rings. The van der Waals surface area contributed by atoms with Crippen LogP contribution in [-0.2, 0) is 7.05 Å². The number of anilines is 1. The molecule has 0 spiro atoms. The number of benzene rings is 1. The summed E-state index contributed by atoms with van der Waals surface area (Å²) in [5, 5.41) is 13.4. The molecule has 4 aromatic rings. The molecule has 0 saturated heterocycles. The Balaban J connectivity index is 1.41. The van der Waals surface area contributed by atoms with Gasteiger partial charge in [0.2, 0.25) is 0 Å². The van der Waals surface area contributed by atoms with Crippen molar-refractivity contribution in [3.05, 3.63) is 54.7 Å². The molecule has 1 aromatic carbocycles. The molecule has 5 rings (SSSR count). The summed E-state index contributed by atoms with van der Waals surface area (Å²) in [6.07, 6.45) is 9.46. The molecule has 1 N–H and O–H groups in total. The van der Waals surface area contributed by atoms with Gasteiger partial charge in [0, 0.05) is 49.6 Å². The van der Waals surface area contributed by atoms with Crippen LogP contribution >= 0.6 is 0 Å². The fourth-order valence-electron chi connectivity index (χ4n) is 4.34. The van der Waals surface area contributed by atoms with Crippen LogP contribution in [-0.4, -0.2) is 37.7 Å². The summed E-state index contributed by atoms with van der Waals surface area (Å²) >= 11 is 0. The van der Waals surface area contributed by atoms with E-state index in [2.05, 4.69) is 26.1 Å². The van der Waals surface area contributed by atoms with E-state index >= 15 is 0 Å². The number of nitrogens with one attached hydrogen (secondary N) is 1. The van der Waals surface area contributed by atoms with E-state index in [4.69, 9.17) is 9.84 Å². The van der Waals surface area contributed by atoms with Crippen LogP contribution in [0.15, 0.2) is 48.9 Å². The van der Waals surface area contributed by atoms with Crippen molar-refractivity contribution in [2.45, 2.75) is 37.8 Å². The number of ether oxygens (including phenoxy) is 1. The van der Waals surface area contributed by atoms with Gasteiger partial charge < -0.3 is 10.1 Å². The lowest BCUT2D eigenvalue weighted by Crippen LogP contribution is -2.26. The number of halogens is 1.